The van der Waals surface area contributed by atoms with Crippen LogP contribution >= 0.6 is 22.7 Å². The summed E-state index contributed by atoms with van der Waals surface area (Å²) in [7, 11) is 0. The highest BCUT2D eigenvalue weighted by atomic mass is 32.1. The average molecular weight is 304 g/mol. The Labute approximate surface area is 130 Å². The SMILES string of the molecule is Cc1cccc2c1sc1cc3sc4ccccc4c3cc12. The van der Waals surface area contributed by atoms with Gasteiger partial charge in [-0.3, -0.25) is 0 Å². The Balaban J connectivity index is 2.04. The minimum absolute atomic E-state index is 1.38. The molecule has 2 heterocycles. The van der Waals surface area contributed by atoms with Crippen molar-refractivity contribution in [2.45, 2.75) is 6.92 Å². The van der Waals surface area contributed by atoms with E-state index in [0.717, 1.165) is 0 Å². The van der Waals surface area contributed by atoms with Crippen LogP contribution in [0.25, 0.3) is 40.3 Å². The van der Waals surface area contributed by atoms with E-state index in [1.807, 2.05) is 22.7 Å². The summed E-state index contributed by atoms with van der Waals surface area (Å²) < 4.78 is 5.60. The van der Waals surface area contributed by atoms with Crippen LogP contribution in [0.4, 0.5) is 0 Å². The van der Waals surface area contributed by atoms with Gasteiger partial charge in [0.1, 0.15) is 0 Å². The maximum absolute atomic E-state index is 2.39. The maximum Gasteiger partial charge on any atom is 0.0384 e. The number of thiophene rings is 2. The van der Waals surface area contributed by atoms with Crippen LogP contribution in [0.15, 0.2) is 54.6 Å². The number of aryl methyl sites for hydroxylation is 1. The van der Waals surface area contributed by atoms with E-state index in [-0.39, 0.29) is 0 Å². The van der Waals surface area contributed by atoms with Gasteiger partial charge in [0.15, 0.2) is 0 Å². The van der Waals surface area contributed by atoms with Crippen LogP contribution in [0.5, 0.6) is 0 Å². The number of hydrogen-bond acceptors (Lipinski definition) is 2. The van der Waals surface area contributed by atoms with Crippen molar-refractivity contribution in [3.8, 4) is 0 Å². The van der Waals surface area contributed by atoms with Crippen LogP contribution < -0.4 is 0 Å². The van der Waals surface area contributed by atoms with Crippen molar-refractivity contribution in [3.63, 3.8) is 0 Å². The molecule has 5 rings (SSSR count). The molecule has 0 saturated carbocycles. The van der Waals surface area contributed by atoms with E-state index in [4.69, 9.17) is 0 Å². The van der Waals surface area contributed by atoms with Gasteiger partial charge in [-0.25, -0.2) is 0 Å². The first-order valence-corrected chi connectivity index (χ1v) is 8.68. The first-order valence-electron chi connectivity index (χ1n) is 7.04. The smallest absolute Gasteiger partial charge is 0.0384 e. The van der Waals surface area contributed by atoms with Crippen LogP contribution in [0.1, 0.15) is 5.56 Å². The molecule has 0 radical (unpaired) electrons. The molecule has 0 unspecified atom stereocenters. The predicted molar refractivity (Wildman–Crippen MR) is 97.0 cm³/mol. The van der Waals surface area contributed by atoms with Crippen LogP contribution in [0.2, 0.25) is 0 Å². The number of rotatable bonds is 0. The molecule has 0 nitrogen and oxygen atoms in total. The summed E-state index contributed by atoms with van der Waals surface area (Å²) >= 11 is 3.82. The van der Waals surface area contributed by atoms with Crippen molar-refractivity contribution in [2.75, 3.05) is 0 Å². The standard InChI is InChI=1S/C19H12S2/c1-11-5-4-7-13-15-9-14-12-6-2-3-8-16(12)20-17(14)10-18(15)21-19(11)13/h2-10H,1H3. The molecule has 3 aromatic carbocycles. The number of fused-ring (bicyclic) bond motifs is 6. The molecule has 2 heteroatoms. The summed E-state index contributed by atoms with van der Waals surface area (Å²) in [5, 5.41) is 5.57. The highest BCUT2D eigenvalue weighted by Gasteiger charge is 2.11. The lowest BCUT2D eigenvalue weighted by molar-refractivity contribution is 1.56. The second-order valence-electron chi connectivity index (χ2n) is 5.50. The van der Waals surface area contributed by atoms with Crippen LogP contribution in [-0.2, 0) is 0 Å². The molecular formula is C19H12S2. The van der Waals surface area contributed by atoms with Crippen molar-refractivity contribution >= 4 is 63.0 Å². The van der Waals surface area contributed by atoms with Crippen molar-refractivity contribution in [1.82, 2.24) is 0 Å². The summed E-state index contributed by atoms with van der Waals surface area (Å²) in [5.41, 5.74) is 1.38. The molecular weight excluding hydrogens is 292 g/mol. The molecule has 21 heavy (non-hydrogen) atoms. The second-order valence-corrected chi connectivity index (χ2v) is 7.63. The highest BCUT2D eigenvalue weighted by Crippen LogP contribution is 2.42. The first kappa shape index (κ1) is 11.7. The molecule has 0 amide bonds. The van der Waals surface area contributed by atoms with Crippen molar-refractivity contribution in [3.05, 3.63) is 60.2 Å². The van der Waals surface area contributed by atoms with Gasteiger partial charge in [-0.15, -0.1) is 22.7 Å². The highest BCUT2D eigenvalue weighted by molar-refractivity contribution is 7.28. The van der Waals surface area contributed by atoms with Gasteiger partial charge in [0.2, 0.25) is 0 Å². The second kappa shape index (κ2) is 4.06. The Morgan fingerprint density at radius 3 is 2.33 bits per heavy atom. The van der Waals surface area contributed by atoms with Crippen LogP contribution in [0, 0.1) is 6.92 Å². The van der Waals surface area contributed by atoms with Gasteiger partial charge >= 0.3 is 0 Å². The normalized spacial score (nSPS) is 12.0. The Hall–Kier alpha value is -1.90. The summed E-state index contributed by atoms with van der Waals surface area (Å²) in [4.78, 5) is 0. The van der Waals surface area contributed by atoms with E-state index in [1.165, 1.54) is 45.9 Å². The van der Waals surface area contributed by atoms with Crippen molar-refractivity contribution < 1.29 is 0 Å². The lowest BCUT2D eigenvalue weighted by Gasteiger charge is -1.95. The Bertz CT molecular complexity index is 1140. The third kappa shape index (κ3) is 1.55. The molecule has 0 aliphatic heterocycles. The molecule has 0 N–H and O–H groups in total. The maximum atomic E-state index is 2.39. The third-order valence-electron chi connectivity index (χ3n) is 4.19. The van der Waals surface area contributed by atoms with Gasteiger partial charge in [-0.2, -0.15) is 0 Å². The van der Waals surface area contributed by atoms with Gasteiger partial charge in [0, 0.05) is 40.3 Å². The van der Waals surface area contributed by atoms with Gasteiger partial charge in [0.25, 0.3) is 0 Å². The fraction of sp³-hybridized carbons (Fsp3) is 0.0526. The van der Waals surface area contributed by atoms with Crippen molar-refractivity contribution in [1.29, 1.82) is 0 Å². The fourth-order valence-electron chi connectivity index (χ4n) is 3.16. The first-order chi connectivity index (χ1) is 10.3. The summed E-state index contributed by atoms with van der Waals surface area (Å²) in [6.07, 6.45) is 0. The zero-order chi connectivity index (χ0) is 14.0. The van der Waals surface area contributed by atoms with Crippen molar-refractivity contribution in [2.24, 2.45) is 0 Å². The van der Waals surface area contributed by atoms with E-state index < -0.39 is 0 Å². The summed E-state index contributed by atoms with van der Waals surface area (Å²) in [5.74, 6) is 0. The topological polar surface area (TPSA) is 0 Å². The largest absolute Gasteiger partial charge is 0.135 e. The zero-order valence-corrected chi connectivity index (χ0v) is 13.1. The third-order valence-corrected chi connectivity index (χ3v) is 6.63. The Morgan fingerprint density at radius 2 is 1.38 bits per heavy atom. The Kier molecular flexibility index (Phi) is 2.27. The molecule has 0 atom stereocenters. The van der Waals surface area contributed by atoms with E-state index >= 15 is 0 Å². The molecule has 0 aliphatic rings. The van der Waals surface area contributed by atoms with Crippen LogP contribution in [0.3, 0.4) is 0 Å². The van der Waals surface area contributed by atoms with Gasteiger partial charge in [-0.1, -0.05) is 36.4 Å². The molecule has 0 aliphatic carbocycles. The van der Waals surface area contributed by atoms with Gasteiger partial charge in [-0.05, 0) is 30.7 Å². The number of benzene rings is 3. The van der Waals surface area contributed by atoms with Crippen LogP contribution in [-0.4, -0.2) is 0 Å². The summed E-state index contributed by atoms with van der Waals surface area (Å²) in [6.45, 7) is 2.20. The summed E-state index contributed by atoms with van der Waals surface area (Å²) in [6, 6.07) is 20.1. The van der Waals surface area contributed by atoms with E-state index in [9.17, 15) is 0 Å². The van der Waals surface area contributed by atoms with E-state index in [1.54, 1.807) is 0 Å². The zero-order valence-electron chi connectivity index (χ0n) is 11.5. The molecule has 5 aromatic rings. The Morgan fingerprint density at radius 1 is 0.619 bits per heavy atom. The minimum Gasteiger partial charge on any atom is -0.135 e. The molecule has 0 saturated heterocycles. The molecule has 0 spiro atoms. The van der Waals surface area contributed by atoms with Gasteiger partial charge in [0.05, 0.1) is 0 Å². The minimum atomic E-state index is 1.38. The lowest BCUT2D eigenvalue weighted by atomic mass is 10.1. The fourth-order valence-corrected chi connectivity index (χ4v) is 5.55. The molecule has 2 aromatic heterocycles. The average Bonchev–Trinajstić information content (AvgIpc) is 3.04. The molecule has 100 valence electrons. The van der Waals surface area contributed by atoms with E-state index in [0.29, 0.717) is 0 Å². The number of hydrogen-bond donors (Lipinski definition) is 0. The lowest BCUT2D eigenvalue weighted by Crippen LogP contribution is -1.71. The van der Waals surface area contributed by atoms with Gasteiger partial charge < -0.3 is 0 Å². The molecule has 0 fully saturated rings. The quantitative estimate of drug-likeness (QED) is 0.297. The van der Waals surface area contributed by atoms with E-state index in [2.05, 4.69) is 61.5 Å². The molecule has 0 bridgehead atoms. The predicted octanol–water partition coefficient (Wildman–Crippen LogP) is 6.73. The monoisotopic (exact) mass is 304 g/mol.